The first-order chi connectivity index (χ1) is 13.5. The van der Waals surface area contributed by atoms with Crippen molar-refractivity contribution in [2.75, 3.05) is 19.0 Å². The van der Waals surface area contributed by atoms with Gasteiger partial charge in [-0.15, -0.1) is 0 Å². The predicted octanol–water partition coefficient (Wildman–Crippen LogP) is 4.28. The van der Waals surface area contributed by atoms with E-state index in [1.807, 2.05) is 13.8 Å². The Bertz CT molecular complexity index is 988. The maximum absolute atomic E-state index is 12.8. The lowest BCUT2D eigenvalue weighted by Gasteiger charge is -2.14. The number of hydrogen-bond donors (Lipinski definition) is 1. The lowest BCUT2D eigenvalue weighted by Crippen LogP contribution is -2.23. The number of rotatable bonds is 7. The highest BCUT2D eigenvalue weighted by molar-refractivity contribution is 7.92. The highest BCUT2D eigenvalue weighted by Crippen LogP contribution is 2.34. The molecule has 1 amide bonds. The molecule has 0 aliphatic heterocycles. The number of methoxy groups -OCH3 is 1. The van der Waals surface area contributed by atoms with E-state index in [-0.39, 0.29) is 22.9 Å². The Hall–Kier alpha value is -2.75. The fraction of sp³-hybridized carbons (Fsp3) is 0.316. The van der Waals surface area contributed by atoms with E-state index in [2.05, 4.69) is 5.32 Å². The van der Waals surface area contributed by atoms with E-state index >= 15 is 0 Å². The number of amides is 1. The molecule has 0 radical (unpaired) electrons. The molecule has 0 atom stereocenters. The molecular weight excluding hydrogens is 411 g/mol. The molecule has 0 aliphatic rings. The number of ether oxygens (including phenoxy) is 2. The Morgan fingerprint density at radius 3 is 2.41 bits per heavy atom. The van der Waals surface area contributed by atoms with Crippen molar-refractivity contribution in [2.45, 2.75) is 24.3 Å². The van der Waals surface area contributed by atoms with Crippen LogP contribution in [0, 0.1) is 5.92 Å². The van der Waals surface area contributed by atoms with E-state index in [4.69, 9.17) is 9.47 Å². The van der Waals surface area contributed by atoms with Crippen LogP contribution in [0.2, 0.25) is 0 Å². The molecule has 0 fully saturated rings. The quantitative estimate of drug-likeness (QED) is 0.708. The zero-order valence-electron chi connectivity index (χ0n) is 15.9. The molecule has 0 bridgehead atoms. The highest BCUT2D eigenvalue weighted by Gasteiger charge is 2.47. The summed E-state index contributed by atoms with van der Waals surface area (Å²) < 4.78 is 72.3. The average molecular weight is 431 g/mol. The third-order valence-corrected chi connectivity index (χ3v) is 5.20. The minimum atomic E-state index is -5.57. The SMILES string of the molecule is COc1ccc(S(=O)(=O)C(F)(F)F)cc1NC(=O)c1cccc(OCC(C)C)c1. The van der Waals surface area contributed by atoms with Gasteiger partial charge in [-0.3, -0.25) is 4.79 Å². The van der Waals surface area contributed by atoms with Crippen molar-refractivity contribution in [1.29, 1.82) is 0 Å². The number of anilines is 1. The largest absolute Gasteiger partial charge is 0.501 e. The zero-order valence-corrected chi connectivity index (χ0v) is 16.7. The number of alkyl halides is 3. The van der Waals surface area contributed by atoms with Crippen LogP contribution in [-0.4, -0.2) is 33.5 Å². The van der Waals surface area contributed by atoms with Gasteiger partial charge in [0.15, 0.2) is 0 Å². The van der Waals surface area contributed by atoms with Crippen molar-refractivity contribution in [3.63, 3.8) is 0 Å². The van der Waals surface area contributed by atoms with Crippen LogP contribution in [0.5, 0.6) is 11.5 Å². The van der Waals surface area contributed by atoms with Crippen molar-refractivity contribution < 1.29 is 35.9 Å². The molecule has 0 unspecified atom stereocenters. The van der Waals surface area contributed by atoms with Crippen molar-refractivity contribution in [2.24, 2.45) is 5.92 Å². The third-order valence-electron chi connectivity index (χ3n) is 3.71. The van der Waals surface area contributed by atoms with Gasteiger partial charge in [0.2, 0.25) is 0 Å². The van der Waals surface area contributed by atoms with Gasteiger partial charge in [0.05, 0.1) is 24.3 Å². The van der Waals surface area contributed by atoms with Crippen molar-refractivity contribution in [3.8, 4) is 11.5 Å². The number of benzene rings is 2. The van der Waals surface area contributed by atoms with Gasteiger partial charge in [0.1, 0.15) is 11.5 Å². The molecule has 0 spiro atoms. The van der Waals surface area contributed by atoms with Gasteiger partial charge in [-0.25, -0.2) is 8.42 Å². The average Bonchev–Trinajstić information content (AvgIpc) is 2.65. The Balaban J connectivity index is 2.32. The number of halogens is 3. The Morgan fingerprint density at radius 1 is 1.14 bits per heavy atom. The van der Waals surface area contributed by atoms with E-state index in [0.29, 0.717) is 18.4 Å². The van der Waals surface area contributed by atoms with Crippen LogP contribution >= 0.6 is 0 Å². The molecule has 29 heavy (non-hydrogen) atoms. The molecule has 10 heteroatoms. The van der Waals surface area contributed by atoms with Gasteiger partial charge in [0, 0.05) is 5.56 Å². The summed E-state index contributed by atoms with van der Waals surface area (Å²) in [5.74, 6) is 0.0633. The molecule has 2 rings (SSSR count). The highest BCUT2D eigenvalue weighted by atomic mass is 32.2. The molecule has 0 heterocycles. The van der Waals surface area contributed by atoms with E-state index in [9.17, 15) is 26.4 Å². The van der Waals surface area contributed by atoms with Crippen LogP contribution in [0.25, 0.3) is 0 Å². The number of carbonyl (C=O) groups excluding carboxylic acids is 1. The molecule has 0 saturated carbocycles. The third kappa shape index (κ3) is 5.41. The van der Waals surface area contributed by atoms with E-state index in [1.54, 1.807) is 12.1 Å². The topological polar surface area (TPSA) is 81.7 Å². The first-order valence-electron chi connectivity index (χ1n) is 8.49. The monoisotopic (exact) mass is 431 g/mol. The molecule has 158 valence electrons. The summed E-state index contributed by atoms with van der Waals surface area (Å²) in [6.45, 7) is 4.37. The summed E-state index contributed by atoms with van der Waals surface area (Å²) in [6.07, 6.45) is 0. The predicted molar refractivity (Wildman–Crippen MR) is 101 cm³/mol. The molecule has 2 aromatic carbocycles. The number of sulfone groups is 1. The van der Waals surface area contributed by atoms with Gasteiger partial charge in [-0.05, 0) is 42.3 Å². The first kappa shape index (κ1) is 22.5. The Labute approximate surface area is 166 Å². The number of carbonyl (C=O) groups is 1. The lowest BCUT2D eigenvalue weighted by molar-refractivity contribution is -0.0436. The fourth-order valence-electron chi connectivity index (χ4n) is 2.27. The normalized spacial score (nSPS) is 12.0. The minimum absolute atomic E-state index is 0.00619. The molecule has 0 saturated heterocycles. The van der Waals surface area contributed by atoms with Crippen LogP contribution in [-0.2, 0) is 9.84 Å². The van der Waals surface area contributed by atoms with Gasteiger partial charge < -0.3 is 14.8 Å². The van der Waals surface area contributed by atoms with Gasteiger partial charge in [-0.2, -0.15) is 13.2 Å². The van der Waals surface area contributed by atoms with Crippen molar-refractivity contribution in [3.05, 3.63) is 48.0 Å². The molecule has 0 aliphatic carbocycles. The molecule has 6 nitrogen and oxygen atoms in total. The summed E-state index contributed by atoms with van der Waals surface area (Å²) in [5, 5.41) is 2.38. The van der Waals surface area contributed by atoms with E-state index in [1.165, 1.54) is 19.2 Å². The maximum Gasteiger partial charge on any atom is 0.501 e. The van der Waals surface area contributed by atoms with E-state index in [0.717, 1.165) is 12.1 Å². The molecule has 0 aromatic heterocycles. The van der Waals surface area contributed by atoms with Gasteiger partial charge in [0.25, 0.3) is 15.7 Å². The first-order valence-corrected chi connectivity index (χ1v) is 9.97. The molecular formula is C19H20F3NO5S. The van der Waals surface area contributed by atoms with Crippen LogP contribution in [0.15, 0.2) is 47.4 Å². The van der Waals surface area contributed by atoms with Crippen LogP contribution < -0.4 is 14.8 Å². The Kier molecular flexibility index (Phi) is 6.78. The second-order valence-electron chi connectivity index (χ2n) is 6.50. The number of hydrogen-bond acceptors (Lipinski definition) is 5. The summed E-state index contributed by atoms with van der Waals surface area (Å²) in [5.41, 5.74) is -5.50. The van der Waals surface area contributed by atoms with Gasteiger partial charge >= 0.3 is 5.51 Å². The summed E-state index contributed by atoms with van der Waals surface area (Å²) in [7, 11) is -4.33. The molecule has 2 aromatic rings. The number of nitrogens with one attached hydrogen (secondary N) is 1. The summed E-state index contributed by atoms with van der Waals surface area (Å²) in [4.78, 5) is 11.5. The van der Waals surface area contributed by atoms with Crippen LogP contribution in [0.4, 0.5) is 18.9 Å². The smallest absolute Gasteiger partial charge is 0.495 e. The standard InChI is InChI=1S/C19H20F3NO5S/c1-12(2)11-28-14-6-4-5-13(9-14)18(24)23-16-10-15(7-8-17(16)27-3)29(25,26)19(20,21)22/h4-10,12H,11H2,1-3H3,(H,23,24). The molecule has 1 N–H and O–H groups in total. The Morgan fingerprint density at radius 2 is 1.83 bits per heavy atom. The van der Waals surface area contributed by atoms with Crippen molar-refractivity contribution in [1.82, 2.24) is 0 Å². The second kappa shape index (κ2) is 8.73. The maximum atomic E-state index is 12.8. The van der Waals surface area contributed by atoms with Gasteiger partial charge in [-0.1, -0.05) is 19.9 Å². The summed E-state index contributed by atoms with van der Waals surface area (Å²) in [6, 6.07) is 8.72. The zero-order chi connectivity index (χ0) is 21.8. The fourth-order valence-corrected chi connectivity index (χ4v) is 3.06. The minimum Gasteiger partial charge on any atom is -0.495 e. The van der Waals surface area contributed by atoms with Crippen molar-refractivity contribution >= 4 is 21.4 Å². The summed E-state index contributed by atoms with van der Waals surface area (Å²) >= 11 is 0. The van der Waals surface area contributed by atoms with Crippen LogP contribution in [0.1, 0.15) is 24.2 Å². The second-order valence-corrected chi connectivity index (χ2v) is 8.44. The lowest BCUT2D eigenvalue weighted by atomic mass is 10.2. The van der Waals surface area contributed by atoms with E-state index < -0.39 is 26.1 Å². The van der Waals surface area contributed by atoms with Crippen LogP contribution in [0.3, 0.4) is 0 Å².